The van der Waals surface area contributed by atoms with Gasteiger partial charge < -0.3 is 9.64 Å². The van der Waals surface area contributed by atoms with Crippen LogP contribution in [0.3, 0.4) is 0 Å². The number of likely N-dealkylation sites (tertiary alicyclic amines) is 1. The van der Waals surface area contributed by atoms with Crippen LogP contribution in [0.25, 0.3) is 0 Å². The van der Waals surface area contributed by atoms with Crippen molar-refractivity contribution in [1.29, 1.82) is 0 Å². The molecule has 2 heterocycles. The molecular formula is C17H25FN2O3S. The van der Waals surface area contributed by atoms with Crippen LogP contribution in [0, 0.1) is 11.2 Å². The number of halogens is 1. The molecule has 2 aliphatic rings. The van der Waals surface area contributed by atoms with E-state index in [2.05, 4.69) is 11.9 Å². The van der Waals surface area contributed by atoms with Crippen molar-refractivity contribution in [2.24, 2.45) is 5.41 Å². The molecule has 0 amide bonds. The third-order valence-electron chi connectivity index (χ3n) is 5.47. The maximum absolute atomic E-state index is 13.0. The summed E-state index contributed by atoms with van der Waals surface area (Å²) in [4.78, 5) is 2.49. The van der Waals surface area contributed by atoms with Gasteiger partial charge in [-0.1, -0.05) is 0 Å². The van der Waals surface area contributed by atoms with E-state index in [0.717, 1.165) is 32.4 Å². The standard InChI is InChI=1S/C17H25FN2O3S/c1-19-13-17(11-15(19)12-23-2)7-9-20(10-8-17)24(21,22)16-5-3-14(18)4-6-16/h3-6,15H,7-13H2,1-2H3/t15-/m1/s1. The second kappa shape index (κ2) is 6.71. The summed E-state index contributed by atoms with van der Waals surface area (Å²) in [7, 11) is 0.296. The predicted molar refractivity (Wildman–Crippen MR) is 89.7 cm³/mol. The summed E-state index contributed by atoms with van der Waals surface area (Å²) in [5, 5.41) is 0. The fraction of sp³-hybridized carbons (Fsp3) is 0.647. The van der Waals surface area contributed by atoms with Crippen LogP contribution >= 0.6 is 0 Å². The second-order valence-corrected chi connectivity index (χ2v) is 9.02. The first-order valence-corrected chi connectivity index (χ1v) is 9.75. The van der Waals surface area contributed by atoms with Gasteiger partial charge in [-0.3, -0.25) is 0 Å². The molecule has 7 heteroatoms. The molecule has 1 aromatic rings. The molecule has 1 atom stereocenters. The fourth-order valence-electron chi connectivity index (χ4n) is 4.08. The number of hydrogen-bond acceptors (Lipinski definition) is 4. The van der Waals surface area contributed by atoms with Crippen LogP contribution in [0.1, 0.15) is 19.3 Å². The molecule has 0 saturated carbocycles. The quantitative estimate of drug-likeness (QED) is 0.827. The molecule has 0 bridgehead atoms. The van der Waals surface area contributed by atoms with E-state index in [0.29, 0.717) is 19.1 Å². The third-order valence-corrected chi connectivity index (χ3v) is 7.38. The molecule has 0 aliphatic carbocycles. The predicted octanol–water partition coefficient (Wildman–Crippen LogP) is 1.95. The highest BCUT2D eigenvalue weighted by Gasteiger charge is 2.45. The maximum atomic E-state index is 13.0. The van der Waals surface area contributed by atoms with Crippen molar-refractivity contribution in [3.05, 3.63) is 30.1 Å². The zero-order chi connectivity index (χ0) is 17.4. The minimum atomic E-state index is -3.53. The number of rotatable bonds is 4. The van der Waals surface area contributed by atoms with E-state index in [-0.39, 0.29) is 10.3 Å². The highest BCUT2D eigenvalue weighted by molar-refractivity contribution is 7.89. The minimum absolute atomic E-state index is 0.167. The van der Waals surface area contributed by atoms with Crippen molar-refractivity contribution in [2.75, 3.05) is 40.4 Å². The van der Waals surface area contributed by atoms with E-state index in [1.54, 1.807) is 7.11 Å². The molecular weight excluding hydrogens is 331 g/mol. The van der Waals surface area contributed by atoms with Crippen LogP contribution in [0.4, 0.5) is 4.39 Å². The Morgan fingerprint density at radius 3 is 2.46 bits per heavy atom. The second-order valence-electron chi connectivity index (χ2n) is 7.09. The van der Waals surface area contributed by atoms with Crippen molar-refractivity contribution in [2.45, 2.75) is 30.2 Å². The van der Waals surface area contributed by atoms with Gasteiger partial charge in [-0.15, -0.1) is 0 Å². The zero-order valence-electron chi connectivity index (χ0n) is 14.2. The molecule has 1 spiro atoms. The van der Waals surface area contributed by atoms with E-state index >= 15 is 0 Å². The Morgan fingerprint density at radius 2 is 1.88 bits per heavy atom. The Kier molecular flexibility index (Phi) is 4.97. The molecule has 24 heavy (non-hydrogen) atoms. The van der Waals surface area contributed by atoms with Gasteiger partial charge in [0.2, 0.25) is 10.0 Å². The van der Waals surface area contributed by atoms with Crippen molar-refractivity contribution >= 4 is 10.0 Å². The van der Waals surface area contributed by atoms with Crippen LogP contribution in [0.15, 0.2) is 29.2 Å². The van der Waals surface area contributed by atoms with E-state index in [1.165, 1.54) is 28.6 Å². The first kappa shape index (κ1) is 17.8. The molecule has 2 fully saturated rings. The van der Waals surface area contributed by atoms with E-state index in [9.17, 15) is 12.8 Å². The van der Waals surface area contributed by atoms with Crippen molar-refractivity contribution < 1.29 is 17.5 Å². The van der Waals surface area contributed by atoms with Gasteiger partial charge in [0.15, 0.2) is 0 Å². The van der Waals surface area contributed by atoms with Gasteiger partial charge >= 0.3 is 0 Å². The summed E-state index contributed by atoms with van der Waals surface area (Å²) in [6.45, 7) is 2.75. The topological polar surface area (TPSA) is 49.9 Å². The monoisotopic (exact) mass is 356 g/mol. The number of hydrogen-bond donors (Lipinski definition) is 0. The number of benzene rings is 1. The lowest BCUT2D eigenvalue weighted by Crippen LogP contribution is -2.44. The van der Waals surface area contributed by atoms with Crippen LogP contribution in [-0.4, -0.2) is 64.1 Å². The maximum Gasteiger partial charge on any atom is 0.243 e. The highest BCUT2D eigenvalue weighted by Crippen LogP contribution is 2.43. The molecule has 2 saturated heterocycles. The average molecular weight is 356 g/mol. The Morgan fingerprint density at radius 1 is 1.25 bits per heavy atom. The largest absolute Gasteiger partial charge is 0.383 e. The number of methoxy groups -OCH3 is 1. The lowest BCUT2D eigenvalue weighted by atomic mass is 9.77. The lowest BCUT2D eigenvalue weighted by molar-refractivity contribution is 0.129. The van der Waals surface area contributed by atoms with Gasteiger partial charge in [0.1, 0.15) is 5.82 Å². The number of nitrogens with zero attached hydrogens (tertiary/aromatic N) is 2. The van der Waals surface area contributed by atoms with Crippen LogP contribution in [0.2, 0.25) is 0 Å². The van der Waals surface area contributed by atoms with Crippen molar-refractivity contribution in [3.63, 3.8) is 0 Å². The zero-order valence-corrected chi connectivity index (χ0v) is 15.1. The van der Waals surface area contributed by atoms with E-state index < -0.39 is 15.8 Å². The third kappa shape index (κ3) is 3.35. The molecule has 134 valence electrons. The van der Waals surface area contributed by atoms with E-state index in [4.69, 9.17) is 4.74 Å². The summed E-state index contributed by atoms with van der Waals surface area (Å²) in [5.41, 5.74) is 0.187. The number of piperidine rings is 1. The van der Waals surface area contributed by atoms with Crippen LogP contribution in [-0.2, 0) is 14.8 Å². The molecule has 0 unspecified atom stereocenters. The van der Waals surface area contributed by atoms with E-state index in [1.807, 2.05) is 0 Å². The van der Waals surface area contributed by atoms with Crippen LogP contribution in [0.5, 0.6) is 0 Å². The molecule has 2 aliphatic heterocycles. The van der Waals surface area contributed by atoms with Crippen LogP contribution < -0.4 is 0 Å². The Hall–Kier alpha value is -1.02. The number of likely N-dealkylation sites (N-methyl/N-ethyl adjacent to an activating group) is 1. The number of sulfonamides is 1. The van der Waals surface area contributed by atoms with Gasteiger partial charge in [0.05, 0.1) is 11.5 Å². The molecule has 5 nitrogen and oxygen atoms in total. The number of ether oxygens (including phenoxy) is 1. The SMILES string of the molecule is COC[C@H]1CC2(CCN(S(=O)(=O)c3ccc(F)cc3)CC2)CN1C. The normalized spacial score (nSPS) is 25.4. The minimum Gasteiger partial charge on any atom is -0.383 e. The highest BCUT2D eigenvalue weighted by atomic mass is 32.2. The molecule has 1 aromatic carbocycles. The Bertz CT molecular complexity index is 670. The molecule has 0 aromatic heterocycles. The van der Waals surface area contributed by atoms with Gasteiger partial charge in [0, 0.05) is 32.8 Å². The smallest absolute Gasteiger partial charge is 0.243 e. The summed E-state index contributed by atoms with van der Waals surface area (Å²) < 4.78 is 45.3. The first-order valence-electron chi connectivity index (χ1n) is 8.31. The first-order chi connectivity index (χ1) is 11.4. The summed E-state index contributed by atoms with van der Waals surface area (Å²) >= 11 is 0. The fourth-order valence-corrected chi connectivity index (χ4v) is 5.52. The van der Waals surface area contributed by atoms with Gasteiger partial charge in [-0.25, -0.2) is 12.8 Å². The van der Waals surface area contributed by atoms with Gasteiger partial charge in [0.25, 0.3) is 0 Å². The van der Waals surface area contributed by atoms with Crippen molar-refractivity contribution in [1.82, 2.24) is 9.21 Å². The lowest BCUT2D eigenvalue weighted by Gasteiger charge is -2.38. The molecule has 3 rings (SSSR count). The average Bonchev–Trinajstić information content (AvgIpc) is 2.84. The van der Waals surface area contributed by atoms with Gasteiger partial charge in [-0.05, 0) is 56.0 Å². The Labute approximate surface area is 143 Å². The van der Waals surface area contributed by atoms with Gasteiger partial charge in [-0.2, -0.15) is 4.31 Å². The summed E-state index contributed by atoms with van der Waals surface area (Å²) in [5.74, 6) is -0.426. The molecule has 0 radical (unpaired) electrons. The summed E-state index contributed by atoms with van der Waals surface area (Å²) in [6, 6.07) is 5.48. The van der Waals surface area contributed by atoms with Crippen molar-refractivity contribution in [3.8, 4) is 0 Å². The molecule has 0 N–H and O–H groups in total. The summed E-state index contributed by atoms with van der Waals surface area (Å²) in [6.07, 6.45) is 2.78. The Balaban J connectivity index is 1.68.